The highest BCUT2D eigenvalue weighted by atomic mass is 32.2. The third-order valence-corrected chi connectivity index (χ3v) is 3.95. The number of carbonyl (C=O) groups is 2. The van der Waals surface area contributed by atoms with Crippen molar-refractivity contribution in [2.24, 2.45) is 0 Å². The van der Waals surface area contributed by atoms with E-state index >= 15 is 0 Å². The summed E-state index contributed by atoms with van der Waals surface area (Å²) >= 11 is 1.57. The lowest BCUT2D eigenvalue weighted by molar-refractivity contribution is -0.137. The zero-order valence-corrected chi connectivity index (χ0v) is 13.8. The Bertz CT molecular complexity index is 528. The monoisotopic (exact) mass is 334 g/mol. The molecule has 124 valence electrons. The van der Waals surface area contributed by atoms with Crippen LogP contribution >= 0.6 is 11.8 Å². The molecular weight excluding hydrogens is 312 g/mol. The van der Waals surface area contributed by atoms with Gasteiger partial charge in [0.1, 0.15) is 0 Å². The number of rotatable bonds is 10. The second-order valence-corrected chi connectivity index (χ2v) is 6.08. The highest BCUT2D eigenvalue weighted by Gasteiger charge is 2.14. The smallest absolute Gasteiger partial charge is 0.315 e. The number of carbonyl (C=O) groups excluding carboxylic acids is 1. The van der Waals surface area contributed by atoms with Gasteiger partial charge < -0.3 is 15.7 Å². The van der Waals surface area contributed by atoms with Crippen molar-refractivity contribution < 1.29 is 14.7 Å². The highest BCUT2D eigenvalue weighted by molar-refractivity contribution is 7.99. The molecular formula is C17H22N2O3S. The Morgan fingerprint density at radius 3 is 2.70 bits per heavy atom. The fourth-order valence-corrected chi connectivity index (χ4v) is 2.53. The molecule has 2 amide bonds. The zero-order valence-electron chi connectivity index (χ0n) is 13.0. The van der Waals surface area contributed by atoms with Gasteiger partial charge in [-0.05, 0) is 18.4 Å². The van der Waals surface area contributed by atoms with Gasteiger partial charge in [0.05, 0.1) is 5.75 Å². The van der Waals surface area contributed by atoms with E-state index in [0.717, 1.165) is 11.3 Å². The summed E-state index contributed by atoms with van der Waals surface area (Å²) in [5, 5.41) is 14.4. The van der Waals surface area contributed by atoms with E-state index in [4.69, 9.17) is 11.5 Å². The SMILES string of the molecule is C#CCSCCNC(=O)NC(CCC(=O)O)Cc1ccccc1. The first-order valence-electron chi connectivity index (χ1n) is 7.43. The number of amides is 2. The van der Waals surface area contributed by atoms with Crippen LogP contribution in [0.15, 0.2) is 30.3 Å². The lowest BCUT2D eigenvalue weighted by Crippen LogP contribution is -2.44. The van der Waals surface area contributed by atoms with Crippen LogP contribution in [0.3, 0.4) is 0 Å². The molecule has 0 radical (unpaired) electrons. The van der Waals surface area contributed by atoms with E-state index in [1.165, 1.54) is 0 Å². The summed E-state index contributed by atoms with van der Waals surface area (Å²) in [6.07, 6.45) is 6.17. The first-order valence-corrected chi connectivity index (χ1v) is 8.58. The van der Waals surface area contributed by atoms with Crippen LogP contribution < -0.4 is 10.6 Å². The fraction of sp³-hybridized carbons (Fsp3) is 0.412. The van der Waals surface area contributed by atoms with E-state index in [2.05, 4.69) is 16.6 Å². The number of hydrogen-bond donors (Lipinski definition) is 3. The summed E-state index contributed by atoms with van der Waals surface area (Å²) in [5.41, 5.74) is 1.06. The Kier molecular flexibility index (Phi) is 9.41. The number of aliphatic carboxylic acids is 1. The van der Waals surface area contributed by atoms with Gasteiger partial charge >= 0.3 is 12.0 Å². The van der Waals surface area contributed by atoms with Crippen molar-refractivity contribution in [1.82, 2.24) is 10.6 Å². The van der Waals surface area contributed by atoms with Crippen LogP contribution in [0.5, 0.6) is 0 Å². The van der Waals surface area contributed by atoms with Gasteiger partial charge in [0, 0.05) is 24.8 Å². The van der Waals surface area contributed by atoms with Crippen molar-refractivity contribution in [3.63, 3.8) is 0 Å². The molecule has 0 aromatic heterocycles. The molecule has 0 aliphatic heterocycles. The van der Waals surface area contributed by atoms with Crippen molar-refractivity contribution in [3.8, 4) is 12.3 Å². The molecule has 1 atom stereocenters. The largest absolute Gasteiger partial charge is 0.481 e. The first kappa shape index (κ1) is 18.9. The third kappa shape index (κ3) is 9.48. The minimum absolute atomic E-state index is 0.0236. The number of carboxylic acids is 1. The minimum atomic E-state index is -0.865. The number of benzene rings is 1. The zero-order chi connectivity index (χ0) is 16.9. The van der Waals surface area contributed by atoms with Crippen LogP contribution in [-0.2, 0) is 11.2 Å². The van der Waals surface area contributed by atoms with Gasteiger partial charge in [-0.1, -0.05) is 36.3 Å². The Labute approximate surface area is 141 Å². The maximum Gasteiger partial charge on any atom is 0.315 e. The molecule has 6 heteroatoms. The molecule has 5 nitrogen and oxygen atoms in total. The van der Waals surface area contributed by atoms with E-state index in [1.54, 1.807) is 11.8 Å². The first-order chi connectivity index (χ1) is 11.1. The summed E-state index contributed by atoms with van der Waals surface area (Å²) in [6, 6.07) is 9.19. The van der Waals surface area contributed by atoms with Crippen molar-refractivity contribution >= 4 is 23.8 Å². The van der Waals surface area contributed by atoms with Crippen molar-refractivity contribution in [3.05, 3.63) is 35.9 Å². The fourth-order valence-electron chi connectivity index (χ4n) is 2.03. The maximum absolute atomic E-state index is 11.9. The Balaban J connectivity index is 2.43. The third-order valence-electron chi connectivity index (χ3n) is 3.08. The molecule has 23 heavy (non-hydrogen) atoms. The normalized spacial score (nSPS) is 11.3. The topological polar surface area (TPSA) is 78.4 Å². The summed E-state index contributed by atoms with van der Waals surface area (Å²) in [6.45, 7) is 0.523. The maximum atomic E-state index is 11.9. The summed E-state index contributed by atoms with van der Waals surface area (Å²) in [4.78, 5) is 22.7. The number of urea groups is 1. The predicted octanol–water partition coefficient (Wildman–Crippen LogP) is 2.13. The van der Waals surface area contributed by atoms with E-state index in [0.29, 0.717) is 25.1 Å². The van der Waals surface area contributed by atoms with Crippen molar-refractivity contribution in [1.29, 1.82) is 0 Å². The van der Waals surface area contributed by atoms with Gasteiger partial charge in [0.2, 0.25) is 0 Å². The Morgan fingerprint density at radius 1 is 1.30 bits per heavy atom. The number of terminal acetylenes is 1. The van der Waals surface area contributed by atoms with Crippen molar-refractivity contribution in [2.45, 2.75) is 25.3 Å². The van der Waals surface area contributed by atoms with E-state index in [-0.39, 0.29) is 18.5 Å². The predicted molar refractivity (Wildman–Crippen MR) is 93.5 cm³/mol. The number of nitrogens with one attached hydrogen (secondary N) is 2. The molecule has 0 saturated heterocycles. The molecule has 0 bridgehead atoms. The van der Waals surface area contributed by atoms with Gasteiger partial charge in [-0.3, -0.25) is 4.79 Å². The quantitative estimate of drug-likeness (QED) is 0.452. The number of carboxylic acid groups (broad SMARTS) is 1. The van der Waals surface area contributed by atoms with Gasteiger partial charge in [-0.15, -0.1) is 18.2 Å². The molecule has 1 aromatic rings. The molecule has 0 heterocycles. The van der Waals surface area contributed by atoms with E-state index < -0.39 is 5.97 Å². The van der Waals surface area contributed by atoms with Crippen LogP contribution in [0.1, 0.15) is 18.4 Å². The highest BCUT2D eigenvalue weighted by Crippen LogP contribution is 2.08. The van der Waals surface area contributed by atoms with Gasteiger partial charge in [0.15, 0.2) is 0 Å². The van der Waals surface area contributed by atoms with Gasteiger partial charge in [-0.25, -0.2) is 4.79 Å². The van der Waals surface area contributed by atoms with Crippen LogP contribution in [0.25, 0.3) is 0 Å². The second kappa shape index (κ2) is 11.4. The summed E-state index contributed by atoms with van der Waals surface area (Å²) < 4.78 is 0. The van der Waals surface area contributed by atoms with Crippen LogP contribution in [0.4, 0.5) is 4.79 Å². The molecule has 1 aromatic carbocycles. The van der Waals surface area contributed by atoms with E-state index in [9.17, 15) is 9.59 Å². The average Bonchev–Trinajstić information content (AvgIpc) is 2.53. The van der Waals surface area contributed by atoms with Crippen LogP contribution in [0, 0.1) is 12.3 Å². The number of hydrogen-bond acceptors (Lipinski definition) is 3. The molecule has 1 unspecified atom stereocenters. The average molecular weight is 334 g/mol. The Hall–Kier alpha value is -2.13. The minimum Gasteiger partial charge on any atom is -0.481 e. The Morgan fingerprint density at radius 2 is 2.04 bits per heavy atom. The van der Waals surface area contributed by atoms with Gasteiger partial charge in [0.25, 0.3) is 0 Å². The molecule has 0 aliphatic carbocycles. The number of thioether (sulfide) groups is 1. The molecule has 1 rings (SSSR count). The lowest BCUT2D eigenvalue weighted by Gasteiger charge is -2.18. The summed E-state index contributed by atoms with van der Waals surface area (Å²) in [7, 11) is 0. The van der Waals surface area contributed by atoms with Gasteiger partial charge in [-0.2, -0.15) is 0 Å². The molecule has 0 aliphatic rings. The van der Waals surface area contributed by atoms with Crippen molar-refractivity contribution in [2.75, 3.05) is 18.1 Å². The molecule has 0 saturated carbocycles. The lowest BCUT2D eigenvalue weighted by atomic mass is 10.0. The standard InChI is InChI=1S/C17H22N2O3S/c1-2-11-23-12-10-18-17(22)19-15(8-9-16(20)21)13-14-6-4-3-5-7-14/h1,3-7,15H,8-13H2,(H,20,21)(H2,18,19,22). The second-order valence-electron chi connectivity index (χ2n) is 4.98. The molecule has 0 spiro atoms. The molecule has 3 N–H and O–H groups in total. The van der Waals surface area contributed by atoms with E-state index in [1.807, 2.05) is 30.3 Å². The summed E-state index contributed by atoms with van der Waals surface area (Å²) in [5.74, 6) is 3.03. The molecule has 0 fully saturated rings. The van der Waals surface area contributed by atoms with Crippen LogP contribution in [0.2, 0.25) is 0 Å². The van der Waals surface area contributed by atoms with Crippen LogP contribution in [-0.4, -0.2) is 41.2 Å².